The Bertz CT molecular complexity index is 469. The monoisotopic (exact) mass is 301 g/mol. The second kappa shape index (κ2) is 7.59. The quantitative estimate of drug-likeness (QED) is 0.831. The van der Waals surface area contributed by atoms with Crippen molar-refractivity contribution in [3.05, 3.63) is 35.4 Å². The van der Waals surface area contributed by atoms with Crippen molar-refractivity contribution in [1.82, 2.24) is 0 Å². The maximum Gasteiger partial charge on any atom is 0.416 e. The molecule has 1 rings (SSSR count). The van der Waals surface area contributed by atoms with Gasteiger partial charge in [-0.05, 0) is 36.4 Å². The van der Waals surface area contributed by atoms with E-state index in [2.05, 4.69) is 13.8 Å². The van der Waals surface area contributed by atoms with Crippen LogP contribution in [-0.4, -0.2) is 12.3 Å². The Kier molecular flexibility index (Phi) is 6.40. The van der Waals surface area contributed by atoms with Crippen LogP contribution in [0.1, 0.15) is 37.8 Å². The van der Waals surface area contributed by atoms with Crippen molar-refractivity contribution in [2.24, 2.45) is 17.6 Å². The van der Waals surface area contributed by atoms with E-state index in [1.165, 1.54) is 6.07 Å². The van der Waals surface area contributed by atoms with Crippen molar-refractivity contribution in [2.45, 2.75) is 39.3 Å². The lowest BCUT2D eigenvalue weighted by Crippen LogP contribution is -2.21. The van der Waals surface area contributed by atoms with Crippen LogP contribution >= 0.6 is 0 Å². The molecular formula is C16H22F3NO. The lowest BCUT2D eigenvalue weighted by molar-refractivity contribution is -0.137. The summed E-state index contributed by atoms with van der Waals surface area (Å²) in [6.07, 6.45) is -3.18. The summed E-state index contributed by atoms with van der Waals surface area (Å²) in [7, 11) is 0. The number of carbonyl (C=O) groups excluding carboxylic acids is 1. The zero-order valence-corrected chi connectivity index (χ0v) is 12.4. The Balaban J connectivity index is 2.66. The molecule has 0 aliphatic rings. The van der Waals surface area contributed by atoms with Crippen LogP contribution < -0.4 is 5.73 Å². The number of Topliss-reactive ketones (excluding diaryl/α,β-unsaturated/α-hetero) is 1. The van der Waals surface area contributed by atoms with E-state index >= 15 is 0 Å². The number of hydrogen-bond acceptors (Lipinski definition) is 2. The molecule has 5 heteroatoms. The molecule has 21 heavy (non-hydrogen) atoms. The molecule has 1 aromatic carbocycles. The maximum absolute atomic E-state index is 12.6. The Morgan fingerprint density at radius 3 is 2.48 bits per heavy atom. The summed E-state index contributed by atoms with van der Waals surface area (Å²) in [4.78, 5) is 12.0. The summed E-state index contributed by atoms with van der Waals surface area (Å²) in [5.41, 5.74) is 5.32. The van der Waals surface area contributed by atoms with Crippen LogP contribution in [-0.2, 0) is 17.4 Å². The molecule has 0 fully saturated rings. The predicted octanol–water partition coefficient (Wildman–Crippen LogP) is 3.83. The van der Waals surface area contributed by atoms with Crippen molar-refractivity contribution < 1.29 is 18.0 Å². The highest BCUT2D eigenvalue weighted by atomic mass is 19.4. The van der Waals surface area contributed by atoms with Gasteiger partial charge in [0, 0.05) is 12.8 Å². The van der Waals surface area contributed by atoms with Gasteiger partial charge in [-0.15, -0.1) is 0 Å². The number of carbonyl (C=O) groups is 1. The van der Waals surface area contributed by atoms with E-state index in [0.29, 0.717) is 24.4 Å². The second-order valence-electron chi connectivity index (χ2n) is 5.85. The summed E-state index contributed by atoms with van der Waals surface area (Å²) < 4.78 is 37.8. The molecule has 2 nitrogen and oxygen atoms in total. The number of benzene rings is 1. The SMILES string of the molecule is CC(C)CC(CN)CC(=O)Cc1cccc(C(F)(F)F)c1. The minimum Gasteiger partial charge on any atom is -0.330 e. The van der Waals surface area contributed by atoms with Gasteiger partial charge < -0.3 is 5.73 Å². The first kappa shape index (κ1) is 17.7. The summed E-state index contributed by atoms with van der Waals surface area (Å²) in [5, 5.41) is 0. The Labute approximate surface area is 123 Å². The average molecular weight is 301 g/mol. The van der Waals surface area contributed by atoms with Gasteiger partial charge in [0.1, 0.15) is 5.78 Å². The second-order valence-corrected chi connectivity index (χ2v) is 5.85. The lowest BCUT2D eigenvalue weighted by atomic mass is 9.91. The largest absolute Gasteiger partial charge is 0.416 e. The van der Waals surface area contributed by atoms with E-state index in [9.17, 15) is 18.0 Å². The van der Waals surface area contributed by atoms with Gasteiger partial charge in [0.05, 0.1) is 5.56 Å². The zero-order chi connectivity index (χ0) is 16.0. The maximum atomic E-state index is 12.6. The van der Waals surface area contributed by atoms with Crippen molar-refractivity contribution in [3.8, 4) is 0 Å². The first-order chi connectivity index (χ1) is 9.72. The number of nitrogens with two attached hydrogens (primary N) is 1. The van der Waals surface area contributed by atoms with Crippen LogP contribution in [0.3, 0.4) is 0 Å². The molecule has 1 atom stereocenters. The van der Waals surface area contributed by atoms with Gasteiger partial charge in [-0.25, -0.2) is 0 Å². The van der Waals surface area contributed by atoms with Crippen LogP contribution in [0, 0.1) is 11.8 Å². The predicted molar refractivity (Wildman–Crippen MR) is 76.8 cm³/mol. The van der Waals surface area contributed by atoms with Gasteiger partial charge in [-0.3, -0.25) is 4.79 Å². The molecule has 0 saturated heterocycles. The van der Waals surface area contributed by atoms with Crippen molar-refractivity contribution in [1.29, 1.82) is 0 Å². The Hall–Kier alpha value is -1.36. The van der Waals surface area contributed by atoms with Crippen LogP contribution in [0.5, 0.6) is 0 Å². The molecule has 0 heterocycles. The fourth-order valence-corrected chi connectivity index (χ4v) is 2.41. The van der Waals surface area contributed by atoms with Gasteiger partial charge in [-0.2, -0.15) is 13.2 Å². The minimum absolute atomic E-state index is 0.0263. The summed E-state index contributed by atoms with van der Waals surface area (Å²) >= 11 is 0. The van der Waals surface area contributed by atoms with E-state index in [1.54, 1.807) is 6.07 Å². The van der Waals surface area contributed by atoms with Crippen LogP contribution in [0.15, 0.2) is 24.3 Å². The molecular weight excluding hydrogens is 279 g/mol. The number of ketones is 1. The fraction of sp³-hybridized carbons (Fsp3) is 0.562. The summed E-state index contributed by atoms with van der Waals surface area (Å²) in [6.45, 7) is 4.53. The van der Waals surface area contributed by atoms with Crippen LogP contribution in [0.4, 0.5) is 13.2 Å². The molecule has 0 aliphatic carbocycles. The highest BCUT2D eigenvalue weighted by Gasteiger charge is 2.30. The van der Waals surface area contributed by atoms with E-state index in [0.717, 1.165) is 18.6 Å². The topological polar surface area (TPSA) is 43.1 Å². The van der Waals surface area contributed by atoms with Crippen molar-refractivity contribution >= 4 is 5.78 Å². The minimum atomic E-state index is -4.38. The third kappa shape index (κ3) is 6.29. The van der Waals surface area contributed by atoms with E-state index in [-0.39, 0.29) is 18.1 Å². The molecule has 118 valence electrons. The van der Waals surface area contributed by atoms with E-state index in [1.807, 2.05) is 0 Å². The Morgan fingerprint density at radius 2 is 1.95 bits per heavy atom. The molecule has 0 radical (unpaired) electrons. The number of hydrogen-bond donors (Lipinski definition) is 1. The molecule has 0 spiro atoms. The molecule has 1 unspecified atom stereocenters. The third-order valence-electron chi connectivity index (χ3n) is 3.31. The van der Waals surface area contributed by atoms with Gasteiger partial charge in [0.25, 0.3) is 0 Å². The number of rotatable bonds is 7. The van der Waals surface area contributed by atoms with Crippen LogP contribution in [0.25, 0.3) is 0 Å². The molecule has 2 N–H and O–H groups in total. The number of halogens is 3. The van der Waals surface area contributed by atoms with Crippen LogP contribution in [0.2, 0.25) is 0 Å². The molecule has 0 aromatic heterocycles. The van der Waals surface area contributed by atoms with E-state index in [4.69, 9.17) is 5.73 Å². The van der Waals surface area contributed by atoms with Crippen molar-refractivity contribution in [3.63, 3.8) is 0 Å². The molecule has 1 aromatic rings. The van der Waals surface area contributed by atoms with Crippen molar-refractivity contribution in [2.75, 3.05) is 6.54 Å². The average Bonchev–Trinajstić information content (AvgIpc) is 2.36. The fourth-order valence-electron chi connectivity index (χ4n) is 2.41. The van der Waals surface area contributed by atoms with Gasteiger partial charge in [0.15, 0.2) is 0 Å². The van der Waals surface area contributed by atoms with Gasteiger partial charge >= 0.3 is 6.18 Å². The molecule has 0 amide bonds. The summed E-state index contributed by atoms with van der Waals surface area (Å²) in [5.74, 6) is 0.480. The lowest BCUT2D eigenvalue weighted by Gasteiger charge is -2.16. The summed E-state index contributed by atoms with van der Waals surface area (Å²) in [6, 6.07) is 4.93. The normalized spacial score (nSPS) is 13.5. The highest BCUT2D eigenvalue weighted by Crippen LogP contribution is 2.29. The van der Waals surface area contributed by atoms with E-state index < -0.39 is 11.7 Å². The Morgan fingerprint density at radius 1 is 1.29 bits per heavy atom. The molecule has 0 saturated carbocycles. The first-order valence-electron chi connectivity index (χ1n) is 7.10. The zero-order valence-electron chi connectivity index (χ0n) is 12.4. The van der Waals surface area contributed by atoms with Gasteiger partial charge in [-0.1, -0.05) is 32.0 Å². The molecule has 0 bridgehead atoms. The highest BCUT2D eigenvalue weighted by molar-refractivity contribution is 5.81. The third-order valence-corrected chi connectivity index (χ3v) is 3.31. The number of alkyl halides is 3. The smallest absolute Gasteiger partial charge is 0.330 e. The first-order valence-corrected chi connectivity index (χ1v) is 7.10. The standard InChI is InChI=1S/C16H22F3NO/c1-11(2)6-13(10-20)9-15(21)8-12-4-3-5-14(7-12)16(17,18)19/h3-5,7,11,13H,6,8-10,20H2,1-2H3. The van der Waals surface area contributed by atoms with Gasteiger partial charge in [0.2, 0.25) is 0 Å². The molecule has 0 aliphatic heterocycles.